The first-order valence-corrected chi connectivity index (χ1v) is 9.88. The normalized spacial score (nSPS) is 11.9. The Morgan fingerprint density at radius 3 is 2.67 bits per heavy atom. The van der Waals surface area contributed by atoms with Crippen LogP contribution in [0.4, 0.5) is 0 Å². The lowest BCUT2D eigenvalue weighted by molar-refractivity contribution is -0.120. The smallest absolute Gasteiger partial charge is 0.241 e. The molecule has 0 saturated heterocycles. The molecule has 3 aromatic rings. The molecule has 140 valence electrons. The number of hydrazone groups is 1. The number of hydrogen-bond donors (Lipinski definition) is 3. The van der Waals surface area contributed by atoms with Crippen LogP contribution in [0.25, 0.3) is 10.9 Å². The number of aromatic amines is 1. The molecule has 2 aromatic carbocycles. The van der Waals surface area contributed by atoms with Crippen LogP contribution >= 0.6 is 0 Å². The fourth-order valence-electron chi connectivity index (χ4n) is 2.53. The van der Waals surface area contributed by atoms with Gasteiger partial charge in [-0.05, 0) is 25.1 Å². The third-order valence-electron chi connectivity index (χ3n) is 3.99. The molecule has 0 saturated carbocycles. The third kappa shape index (κ3) is 4.81. The van der Waals surface area contributed by atoms with Crippen molar-refractivity contribution < 1.29 is 13.2 Å². The maximum Gasteiger partial charge on any atom is 0.241 e. The highest BCUT2D eigenvalue weighted by Crippen LogP contribution is 2.15. The largest absolute Gasteiger partial charge is 0.361 e. The van der Waals surface area contributed by atoms with Crippen LogP contribution in [0, 0.1) is 6.92 Å². The average molecular weight is 384 g/mol. The zero-order valence-electron chi connectivity index (χ0n) is 14.8. The molecule has 0 fully saturated rings. The summed E-state index contributed by atoms with van der Waals surface area (Å²) in [6.45, 7) is 1.87. The Bertz CT molecular complexity index is 1070. The van der Waals surface area contributed by atoms with E-state index in [0.29, 0.717) is 0 Å². The second kappa shape index (κ2) is 8.15. The molecule has 0 atom stereocenters. The summed E-state index contributed by atoms with van der Waals surface area (Å²) in [7, 11) is -3.63. The van der Waals surface area contributed by atoms with Gasteiger partial charge in [-0.15, -0.1) is 0 Å². The third-order valence-corrected chi connectivity index (χ3v) is 5.47. The molecule has 0 aliphatic carbocycles. The SMILES string of the molecule is Cc1ccc(S(=O)(=O)NCCC(=O)N/N=C/c2c[nH]c3ccccc23)cc1. The van der Waals surface area contributed by atoms with E-state index in [9.17, 15) is 13.2 Å². The summed E-state index contributed by atoms with van der Waals surface area (Å²) >= 11 is 0. The number of rotatable bonds is 7. The molecule has 7 nitrogen and oxygen atoms in total. The van der Waals surface area contributed by atoms with Gasteiger partial charge in [-0.1, -0.05) is 35.9 Å². The van der Waals surface area contributed by atoms with Gasteiger partial charge in [0.05, 0.1) is 11.1 Å². The summed E-state index contributed by atoms with van der Waals surface area (Å²) in [6.07, 6.45) is 3.33. The van der Waals surface area contributed by atoms with E-state index >= 15 is 0 Å². The van der Waals surface area contributed by atoms with Gasteiger partial charge >= 0.3 is 0 Å². The number of hydrogen-bond acceptors (Lipinski definition) is 4. The predicted molar refractivity (Wildman–Crippen MR) is 105 cm³/mol. The number of carbonyl (C=O) groups excluding carboxylic acids is 1. The molecule has 1 amide bonds. The minimum Gasteiger partial charge on any atom is -0.361 e. The van der Waals surface area contributed by atoms with Crippen LogP contribution in [0.15, 0.2) is 64.7 Å². The number of benzene rings is 2. The molecular weight excluding hydrogens is 364 g/mol. The van der Waals surface area contributed by atoms with Gasteiger partial charge in [0.2, 0.25) is 15.9 Å². The van der Waals surface area contributed by atoms with Crippen molar-refractivity contribution in [2.24, 2.45) is 5.10 Å². The number of nitrogens with one attached hydrogen (secondary N) is 3. The maximum absolute atomic E-state index is 12.1. The highest BCUT2D eigenvalue weighted by molar-refractivity contribution is 7.89. The molecule has 27 heavy (non-hydrogen) atoms. The van der Waals surface area contributed by atoms with Crippen molar-refractivity contribution in [3.05, 3.63) is 65.9 Å². The fraction of sp³-hybridized carbons (Fsp3) is 0.158. The van der Waals surface area contributed by atoms with Gasteiger partial charge in [0.25, 0.3) is 0 Å². The van der Waals surface area contributed by atoms with Crippen LogP contribution in [0.2, 0.25) is 0 Å². The Morgan fingerprint density at radius 2 is 1.89 bits per heavy atom. The van der Waals surface area contributed by atoms with Gasteiger partial charge in [0.1, 0.15) is 0 Å². The second-order valence-corrected chi connectivity index (χ2v) is 7.81. The molecule has 1 heterocycles. The van der Waals surface area contributed by atoms with Crippen molar-refractivity contribution in [2.45, 2.75) is 18.2 Å². The van der Waals surface area contributed by atoms with Crippen molar-refractivity contribution in [1.82, 2.24) is 15.1 Å². The Balaban J connectivity index is 1.49. The van der Waals surface area contributed by atoms with E-state index in [-0.39, 0.29) is 23.8 Å². The van der Waals surface area contributed by atoms with Crippen molar-refractivity contribution >= 4 is 33.0 Å². The lowest BCUT2D eigenvalue weighted by atomic mass is 10.2. The highest BCUT2D eigenvalue weighted by Gasteiger charge is 2.13. The van der Waals surface area contributed by atoms with Crippen LogP contribution in [0.5, 0.6) is 0 Å². The van der Waals surface area contributed by atoms with E-state index < -0.39 is 10.0 Å². The van der Waals surface area contributed by atoms with E-state index in [4.69, 9.17) is 0 Å². The summed E-state index contributed by atoms with van der Waals surface area (Å²) in [5.41, 5.74) is 5.21. The summed E-state index contributed by atoms with van der Waals surface area (Å²) in [4.78, 5) is 15.1. The van der Waals surface area contributed by atoms with Crippen molar-refractivity contribution in [3.63, 3.8) is 0 Å². The molecule has 1 aromatic heterocycles. The number of H-pyrrole nitrogens is 1. The molecule has 0 aliphatic rings. The van der Waals surface area contributed by atoms with E-state index in [2.05, 4.69) is 20.2 Å². The molecule has 3 N–H and O–H groups in total. The van der Waals surface area contributed by atoms with Gasteiger partial charge in [0, 0.05) is 35.6 Å². The van der Waals surface area contributed by atoms with Gasteiger partial charge in [-0.2, -0.15) is 5.10 Å². The monoisotopic (exact) mass is 384 g/mol. The topological polar surface area (TPSA) is 103 Å². The minimum atomic E-state index is -3.63. The summed E-state index contributed by atoms with van der Waals surface area (Å²) in [5.74, 6) is -0.377. The first-order chi connectivity index (χ1) is 13.0. The first-order valence-electron chi connectivity index (χ1n) is 8.40. The number of aryl methyl sites for hydroxylation is 1. The van der Waals surface area contributed by atoms with Gasteiger partial charge < -0.3 is 4.98 Å². The van der Waals surface area contributed by atoms with Crippen molar-refractivity contribution in [1.29, 1.82) is 0 Å². The fourth-order valence-corrected chi connectivity index (χ4v) is 3.56. The number of para-hydroxylation sites is 1. The number of sulfonamides is 1. The van der Waals surface area contributed by atoms with Gasteiger partial charge in [-0.3, -0.25) is 4.79 Å². The van der Waals surface area contributed by atoms with Crippen LogP contribution in [-0.2, 0) is 14.8 Å². The second-order valence-electron chi connectivity index (χ2n) is 6.04. The van der Waals surface area contributed by atoms with E-state index in [1.807, 2.05) is 31.2 Å². The summed E-state index contributed by atoms with van der Waals surface area (Å²) < 4.78 is 26.7. The summed E-state index contributed by atoms with van der Waals surface area (Å²) in [5, 5.41) is 4.93. The molecule has 0 radical (unpaired) electrons. The lowest BCUT2D eigenvalue weighted by Gasteiger charge is -2.06. The number of nitrogens with zero attached hydrogens (tertiary/aromatic N) is 1. The maximum atomic E-state index is 12.1. The standard InChI is InChI=1S/C19H20N4O3S/c1-14-6-8-16(9-7-14)27(25,26)22-11-10-19(24)23-21-13-15-12-20-18-5-3-2-4-17(15)18/h2-9,12-13,20,22H,10-11H2,1H3,(H,23,24)/b21-13+. The molecular formula is C19H20N4O3S. The van der Waals surface area contributed by atoms with E-state index in [0.717, 1.165) is 22.0 Å². The van der Waals surface area contributed by atoms with Crippen molar-refractivity contribution in [3.8, 4) is 0 Å². The lowest BCUT2D eigenvalue weighted by Crippen LogP contribution is -2.29. The Hall–Kier alpha value is -2.97. The quantitative estimate of drug-likeness (QED) is 0.430. The number of fused-ring (bicyclic) bond motifs is 1. The zero-order chi connectivity index (χ0) is 19.3. The average Bonchev–Trinajstić information content (AvgIpc) is 3.05. The molecule has 0 bridgehead atoms. The van der Waals surface area contributed by atoms with Crippen molar-refractivity contribution in [2.75, 3.05) is 6.54 Å². The van der Waals surface area contributed by atoms with E-state index in [1.54, 1.807) is 24.5 Å². The minimum absolute atomic E-state index is 0.00928. The van der Waals surface area contributed by atoms with Gasteiger partial charge in [0.15, 0.2) is 0 Å². The van der Waals surface area contributed by atoms with Crippen LogP contribution in [0.1, 0.15) is 17.5 Å². The number of carbonyl (C=O) groups is 1. The molecule has 8 heteroatoms. The molecule has 3 rings (SSSR count). The van der Waals surface area contributed by atoms with E-state index in [1.165, 1.54) is 12.1 Å². The Morgan fingerprint density at radius 1 is 1.15 bits per heavy atom. The highest BCUT2D eigenvalue weighted by atomic mass is 32.2. The number of amides is 1. The Kier molecular flexibility index (Phi) is 5.68. The molecule has 0 unspecified atom stereocenters. The van der Waals surface area contributed by atoms with Crippen LogP contribution in [-0.4, -0.2) is 32.1 Å². The zero-order valence-corrected chi connectivity index (χ0v) is 15.6. The van der Waals surface area contributed by atoms with Crippen LogP contribution < -0.4 is 10.1 Å². The predicted octanol–water partition coefficient (Wildman–Crippen LogP) is 2.30. The van der Waals surface area contributed by atoms with Gasteiger partial charge in [-0.25, -0.2) is 18.6 Å². The van der Waals surface area contributed by atoms with Crippen LogP contribution in [0.3, 0.4) is 0 Å². The Labute approximate surface area is 157 Å². The molecule has 0 aliphatic heterocycles. The summed E-state index contributed by atoms with van der Waals surface area (Å²) in [6, 6.07) is 14.3. The molecule has 0 spiro atoms. The number of aromatic nitrogens is 1. The first kappa shape index (κ1) is 18.8.